The van der Waals surface area contributed by atoms with Crippen molar-refractivity contribution in [2.45, 2.75) is 32.9 Å². The third-order valence-electron chi connectivity index (χ3n) is 4.12. The first-order chi connectivity index (χ1) is 12.1. The fraction of sp³-hybridized carbons (Fsp3) is 0.500. The molecule has 0 fully saturated rings. The van der Waals surface area contributed by atoms with E-state index >= 15 is 0 Å². The van der Waals surface area contributed by atoms with Crippen molar-refractivity contribution >= 4 is 17.8 Å². The Balaban J connectivity index is 3.05. The minimum atomic E-state index is -1.12. The number of carboxylic acids is 1. The number of hydrogen-bond donors (Lipinski definition) is 2. The number of nitrogens with zero attached hydrogens (tertiary/aromatic N) is 1. The lowest BCUT2D eigenvalue weighted by Crippen LogP contribution is -2.53. The fourth-order valence-corrected chi connectivity index (χ4v) is 2.25. The number of amides is 2. The summed E-state index contributed by atoms with van der Waals surface area (Å²) in [5.74, 6) is -1.42. The number of benzene rings is 1. The van der Waals surface area contributed by atoms with Gasteiger partial charge in [0.25, 0.3) is 5.91 Å². The molecule has 0 saturated carbocycles. The van der Waals surface area contributed by atoms with Crippen LogP contribution in [0.4, 0.5) is 0 Å². The topological polar surface area (TPSA) is 105 Å². The van der Waals surface area contributed by atoms with Gasteiger partial charge in [-0.2, -0.15) is 0 Å². The summed E-state index contributed by atoms with van der Waals surface area (Å²) in [4.78, 5) is 37.5. The first-order valence-electron chi connectivity index (χ1n) is 8.15. The zero-order chi connectivity index (χ0) is 20.0. The second kappa shape index (κ2) is 9.07. The molecule has 2 amide bonds. The van der Waals surface area contributed by atoms with Crippen molar-refractivity contribution in [1.82, 2.24) is 10.2 Å². The fourth-order valence-electron chi connectivity index (χ4n) is 2.25. The van der Waals surface area contributed by atoms with Crippen molar-refractivity contribution in [2.24, 2.45) is 5.92 Å². The lowest BCUT2D eigenvalue weighted by Gasteiger charge is -2.29. The number of methoxy groups -OCH3 is 2. The van der Waals surface area contributed by atoms with Crippen molar-refractivity contribution in [2.75, 3.05) is 21.3 Å². The third kappa shape index (κ3) is 5.11. The van der Waals surface area contributed by atoms with Gasteiger partial charge in [-0.25, -0.2) is 4.79 Å². The molecular formula is C18H26N2O6. The highest BCUT2D eigenvalue weighted by Gasteiger charge is 2.31. The molecule has 0 bridgehead atoms. The lowest BCUT2D eigenvalue weighted by atomic mass is 10.0. The van der Waals surface area contributed by atoms with Crippen LogP contribution in [0, 0.1) is 5.92 Å². The van der Waals surface area contributed by atoms with Gasteiger partial charge in [0.15, 0.2) is 0 Å². The van der Waals surface area contributed by atoms with E-state index in [0.29, 0.717) is 11.5 Å². The Labute approximate surface area is 153 Å². The molecule has 0 aliphatic carbocycles. The number of hydrogen-bond acceptors (Lipinski definition) is 5. The maximum atomic E-state index is 12.6. The summed E-state index contributed by atoms with van der Waals surface area (Å²) >= 11 is 0. The van der Waals surface area contributed by atoms with Gasteiger partial charge < -0.3 is 24.8 Å². The summed E-state index contributed by atoms with van der Waals surface area (Å²) in [6.07, 6.45) is 0. The summed E-state index contributed by atoms with van der Waals surface area (Å²) in [6, 6.07) is 2.82. The molecule has 0 saturated heterocycles. The number of nitrogens with one attached hydrogen (secondary N) is 1. The quantitative estimate of drug-likeness (QED) is 0.720. The first kappa shape index (κ1) is 21.3. The van der Waals surface area contributed by atoms with Crippen LogP contribution in [0.3, 0.4) is 0 Å². The van der Waals surface area contributed by atoms with Crippen LogP contribution in [-0.4, -0.2) is 61.1 Å². The summed E-state index contributed by atoms with van der Waals surface area (Å²) in [6.45, 7) is 4.95. The summed E-state index contributed by atoms with van der Waals surface area (Å²) in [5, 5.41) is 11.8. The summed E-state index contributed by atoms with van der Waals surface area (Å²) in [7, 11) is 4.34. The molecule has 26 heavy (non-hydrogen) atoms. The summed E-state index contributed by atoms with van der Waals surface area (Å²) < 4.78 is 10.3. The van der Waals surface area contributed by atoms with Gasteiger partial charge in [0.1, 0.15) is 23.6 Å². The lowest BCUT2D eigenvalue weighted by molar-refractivity contribution is -0.149. The Morgan fingerprint density at radius 2 is 1.54 bits per heavy atom. The molecular weight excluding hydrogens is 340 g/mol. The van der Waals surface area contributed by atoms with E-state index in [4.69, 9.17) is 14.6 Å². The van der Waals surface area contributed by atoms with Crippen molar-refractivity contribution in [3.63, 3.8) is 0 Å². The molecule has 1 aromatic rings. The Morgan fingerprint density at radius 3 is 1.92 bits per heavy atom. The Morgan fingerprint density at radius 1 is 1.04 bits per heavy atom. The van der Waals surface area contributed by atoms with Gasteiger partial charge in [0.05, 0.1) is 14.2 Å². The van der Waals surface area contributed by atoms with Gasteiger partial charge in [-0.15, -0.1) is 0 Å². The van der Waals surface area contributed by atoms with Crippen LogP contribution in [0.1, 0.15) is 31.1 Å². The summed E-state index contributed by atoms with van der Waals surface area (Å²) in [5.41, 5.74) is 0.272. The predicted molar refractivity (Wildman–Crippen MR) is 95.5 cm³/mol. The van der Waals surface area contributed by atoms with E-state index in [1.165, 1.54) is 40.3 Å². The maximum absolute atomic E-state index is 12.6. The number of carboxylic acid groups (broad SMARTS) is 1. The SMILES string of the molecule is COc1cc(OC)cc(C(=O)NC(C(=O)N(C)C(C)C(=O)O)C(C)C)c1. The number of rotatable bonds is 8. The molecule has 0 heterocycles. The Bertz CT molecular complexity index is 651. The van der Waals surface area contributed by atoms with Crippen molar-refractivity contribution in [3.8, 4) is 11.5 Å². The van der Waals surface area contributed by atoms with Crippen LogP contribution in [0.15, 0.2) is 18.2 Å². The highest BCUT2D eigenvalue weighted by molar-refractivity contribution is 5.98. The normalized spacial score (nSPS) is 12.9. The molecule has 0 radical (unpaired) electrons. The molecule has 0 aliphatic rings. The van der Waals surface area contributed by atoms with Gasteiger partial charge in [-0.05, 0) is 25.0 Å². The molecule has 1 aromatic carbocycles. The molecule has 0 spiro atoms. The maximum Gasteiger partial charge on any atom is 0.326 e. The van der Waals surface area contributed by atoms with E-state index in [2.05, 4.69) is 5.32 Å². The number of likely N-dealkylation sites (N-methyl/N-ethyl adjacent to an activating group) is 1. The largest absolute Gasteiger partial charge is 0.497 e. The van der Waals surface area contributed by atoms with Crippen molar-refractivity contribution in [1.29, 1.82) is 0 Å². The Hall–Kier alpha value is -2.77. The van der Waals surface area contributed by atoms with E-state index in [9.17, 15) is 14.4 Å². The van der Waals surface area contributed by atoms with Crippen LogP contribution in [0.2, 0.25) is 0 Å². The van der Waals surface area contributed by atoms with Gasteiger partial charge in [-0.1, -0.05) is 13.8 Å². The number of aliphatic carboxylic acids is 1. The molecule has 0 aliphatic heterocycles. The third-order valence-corrected chi connectivity index (χ3v) is 4.12. The second-order valence-corrected chi connectivity index (χ2v) is 6.26. The molecule has 1 rings (SSSR count). The zero-order valence-electron chi connectivity index (χ0n) is 15.9. The van der Waals surface area contributed by atoms with Gasteiger partial charge >= 0.3 is 5.97 Å². The number of ether oxygens (including phenoxy) is 2. The predicted octanol–water partition coefficient (Wildman–Crippen LogP) is 1.39. The highest BCUT2D eigenvalue weighted by atomic mass is 16.5. The number of carbonyl (C=O) groups is 3. The van der Waals surface area contributed by atoms with Crippen molar-refractivity contribution < 1.29 is 29.0 Å². The van der Waals surface area contributed by atoms with Crippen LogP contribution in [0.5, 0.6) is 11.5 Å². The van der Waals surface area contributed by atoms with E-state index in [0.717, 1.165) is 4.90 Å². The van der Waals surface area contributed by atoms with Gasteiger partial charge in [0, 0.05) is 18.7 Å². The average Bonchev–Trinajstić information content (AvgIpc) is 2.62. The van der Waals surface area contributed by atoms with E-state index in [1.54, 1.807) is 19.9 Å². The highest BCUT2D eigenvalue weighted by Crippen LogP contribution is 2.22. The Kier molecular flexibility index (Phi) is 7.42. The van der Waals surface area contributed by atoms with Crippen LogP contribution in [-0.2, 0) is 9.59 Å². The minimum Gasteiger partial charge on any atom is -0.497 e. The molecule has 2 atom stereocenters. The smallest absolute Gasteiger partial charge is 0.326 e. The monoisotopic (exact) mass is 366 g/mol. The van der Waals surface area contributed by atoms with E-state index in [1.807, 2.05) is 0 Å². The van der Waals surface area contributed by atoms with Crippen LogP contribution < -0.4 is 14.8 Å². The van der Waals surface area contributed by atoms with Crippen LogP contribution >= 0.6 is 0 Å². The second-order valence-electron chi connectivity index (χ2n) is 6.26. The standard InChI is InChI=1S/C18H26N2O6/c1-10(2)15(17(22)20(4)11(3)18(23)24)19-16(21)12-7-13(25-5)9-14(8-12)26-6/h7-11,15H,1-6H3,(H,19,21)(H,23,24). The molecule has 144 valence electrons. The molecule has 8 nitrogen and oxygen atoms in total. The molecule has 2 N–H and O–H groups in total. The molecule has 2 unspecified atom stereocenters. The van der Waals surface area contributed by atoms with E-state index in [-0.39, 0.29) is 11.5 Å². The molecule has 0 aromatic heterocycles. The van der Waals surface area contributed by atoms with E-state index < -0.39 is 29.9 Å². The number of carbonyl (C=O) groups excluding carboxylic acids is 2. The first-order valence-corrected chi connectivity index (χ1v) is 8.15. The van der Waals surface area contributed by atoms with Gasteiger partial charge in [0.2, 0.25) is 5.91 Å². The van der Waals surface area contributed by atoms with Crippen molar-refractivity contribution in [3.05, 3.63) is 23.8 Å². The minimum absolute atomic E-state index is 0.234. The molecule has 8 heteroatoms. The van der Waals surface area contributed by atoms with Gasteiger partial charge in [-0.3, -0.25) is 9.59 Å². The zero-order valence-corrected chi connectivity index (χ0v) is 15.9. The van der Waals surface area contributed by atoms with Crippen LogP contribution in [0.25, 0.3) is 0 Å². The average molecular weight is 366 g/mol.